The molecule has 2 N–H and O–H groups in total. The molecule has 1 rings (SSSR count). The van der Waals surface area contributed by atoms with Crippen LogP contribution in [-0.4, -0.2) is 18.1 Å². The Kier molecular flexibility index (Phi) is 5.54. The Morgan fingerprint density at radius 1 is 1.18 bits per heavy atom. The third kappa shape index (κ3) is 5.13. The topological polar surface area (TPSA) is 26.0 Å². The summed E-state index contributed by atoms with van der Waals surface area (Å²) in [5.41, 5.74) is 9.08. The van der Waals surface area contributed by atoms with Gasteiger partial charge in [-0.05, 0) is 41.4 Å². The van der Waals surface area contributed by atoms with Crippen molar-refractivity contribution in [3.8, 4) is 0 Å². The highest BCUT2D eigenvalue weighted by Crippen LogP contribution is 2.22. The molecule has 0 spiro atoms. The molecule has 0 radical (unpaired) electrons. The second-order valence-electron chi connectivity index (χ2n) is 5.69. The lowest BCUT2D eigenvalue weighted by Crippen LogP contribution is -2.23. The van der Waals surface area contributed by atoms with Crippen LogP contribution in [0.25, 0.3) is 0 Å². The van der Waals surface area contributed by atoms with Gasteiger partial charge in [0, 0.05) is 6.04 Å². The van der Waals surface area contributed by atoms with E-state index in [4.69, 9.17) is 5.73 Å². The SMILES string of the molecule is CSCCC(N)Cc1ccc(C(C)(C)C)cc1. The fraction of sp³-hybridized carbons (Fsp3) is 0.600. The minimum atomic E-state index is 0.236. The van der Waals surface area contributed by atoms with E-state index < -0.39 is 0 Å². The maximum absolute atomic E-state index is 6.10. The lowest BCUT2D eigenvalue weighted by atomic mass is 9.86. The van der Waals surface area contributed by atoms with Gasteiger partial charge in [-0.2, -0.15) is 11.8 Å². The molecule has 0 bridgehead atoms. The zero-order valence-electron chi connectivity index (χ0n) is 11.5. The number of rotatable bonds is 5. The summed E-state index contributed by atoms with van der Waals surface area (Å²) >= 11 is 1.87. The Hall–Kier alpha value is -0.470. The molecular formula is C15H25NS. The van der Waals surface area contributed by atoms with Crippen LogP contribution in [0.1, 0.15) is 38.3 Å². The Labute approximate surface area is 110 Å². The molecule has 0 heterocycles. The van der Waals surface area contributed by atoms with Crippen LogP contribution in [0.15, 0.2) is 24.3 Å². The highest BCUT2D eigenvalue weighted by Gasteiger charge is 2.13. The van der Waals surface area contributed by atoms with E-state index in [0.717, 1.165) is 18.6 Å². The van der Waals surface area contributed by atoms with E-state index in [-0.39, 0.29) is 5.41 Å². The second kappa shape index (κ2) is 6.46. The Balaban J connectivity index is 2.56. The van der Waals surface area contributed by atoms with Crippen LogP contribution < -0.4 is 5.73 Å². The maximum Gasteiger partial charge on any atom is 0.00871 e. The normalized spacial score (nSPS) is 13.7. The summed E-state index contributed by atoms with van der Waals surface area (Å²) in [5.74, 6) is 1.15. The van der Waals surface area contributed by atoms with Crippen LogP contribution >= 0.6 is 11.8 Å². The van der Waals surface area contributed by atoms with Crippen LogP contribution in [0, 0.1) is 0 Å². The van der Waals surface area contributed by atoms with Gasteiger partial charge in [-0.15, -0.1) is 0 Å². The Morgan fingerprint density at radius 2 is 1.76 bits per heavy atom. The molecule has 17 heavy (non-hydrogen) atoms. The minimum Gasteiger partial charge on any atom is -0.327 e. The van der Waals surface area contributed by atoms with Crippen molar-refractivity contribution in [3.63, 3.8) is 0 Å². The summed E-state index contributed by atoms with van der Waals surface area (Å²) < 4.78 is 0. The number of hydrogen-bond donors (Lipinski definition) is 1. The zero-order valence-corrected chi connectivity index (χ0v) is 12.3. The van der Waals surface area contributed by atoms with Crippen molar-refractivity contribution in [2.75, 3.05) is 12.0 Å². The Morgan fingerprint density at radius 3 is 2.24 bits per heavy atom. The summed E-state index contributed by atoms with van der Waals surface area (Å²) in [6.45, 7) is 6.73. The predicted molar refractivity (Wildman–Crippen MR) is 79.8 cm³/mol. The number of hydrogen-bond acceptors (Lipinski definition) is 2. The molecule has 0 saturated carbocycles. The van der Waals surface area contributed by atoms with Crippen molar-refractivity contribution in [2.45, 2.75) is 45.1 Å². The number of benzene rings is 1. The van der Waals surface area contributed by atoms with Gasteiger partial charge in [-0.25, -0.2) is 0 Å². The average Bonchev–Trinajstić information content (AvgIpc) is 2.26. The van der Waals surface area contributed by atoms with Crippen molar-refractivity contribution in [3.05, 3.63) is 35.4 Å². The zero-order chi connectivity index (χ0) is 12.9. The molecule has 1 atom stereocenters. The largest absolute Gasteiger partial charge is 0.327 e. The maximum atomic E-state index is 6.10. The van der Waals surface area contributed by atoms with Gasteiger partial charge in [0.25, 0.3) is 0 Å². The van der Waals surface area contributed by atoms with E-state index in [9.17, 15) is 0 Å². The van der Waals surface area contributed by atoms with Crippen molar-refractivity contribution < 1.29 is 0 Å². The molecule has 1 unspecified atom stereocenters. The van der Waals surface area contributed by atoms with Crippen molar-refractivity contribution in [1.82, 2.24) is 0 Å². The van der Waals surface area contributed by atoms with E-state index in [0.29, 0.717) is 6.04 Å². The summed E-state index contributed by atoms with van der Waals surface area (Å²) in [4.78, 5) is 0. The predicted octanol–water partition coefficient (Wildman–Crippen LogP) is 3.61. The standard InChI is InChI=1S/C15H25NS/c1-15(2,3)13-7-5-12(6-8-13)11-14(16)9-10-17-4/h5-8,14H,9-11,16H2,1-4H3. The molecule has 1 aromatic rings. The molecule has 0 amide bonds. The molecule has 0 fully saturated rings. The van der Waals surface area contributed by atoms with Gasteiger partial charge in [-0.3, -0.25) is 0 Å². The quantitative estimate of drug-likeness (QED) is 0.865. The van der Waals surface area contributed by atoms with Crippen molar-refractivity contribution >= 4 is 11.8 Å². The molecule has 0 aromatic heterocycles. The van der Waals surface area contributed by atoms with E-state index >= 15 is 0 Å². The molecule has 0 aliphatic rings. The lowest BCUT2D eigenvalue weighted by molar-refractivity contribution is 0.589. The lowest BCUT2D eigenvalue weighted by Gasteiger charge is -2.19. The first-order valence-electron chi connectivity index (χ1n) is 6.27. The highest BCUT2D eigenvalue weighted by atomic mass is 32.2. The van der Waals surface area contributed by atoms with Crippen LogP contribution in [0.4, 0.5) is 0 Å². The van der Waals surface area contributed by atoms with Gasteiger partial charge in [-0.1, -0.05) is 45.0 Å². The van der Waals surface area contributed by atoms with Crippen molar-refractivity contribution in [1.29, 1.82) is 0 Å². The number of thioether (sulfide) groups is 1. The van der Waals surface area contributed by atoms with E-state index in [1.165, 1.54) is 11.1 Å². The van der Waals surface area contributed by atoms with Crippen molar-refractivity contribution in [2.24, 2.45) is 5.73 Å². The summed E-state index contributed by atoms with van der Waals surface area (Å²) in [6, 6.07) is 9.20. The first kappa shape index (κ1) is 14.6. The summed E-state index contributed by atoms with van der Waals surface area (Å²) in [5, 5.41) is 0. The second-order valence-corrected chi connectivity index (χ2v) is 6.68. The molecular weight excluding hydrogens is 226 g/mol. The first-order valence-corrected chi connectivity index (χ1v) is 7.67. The average molecular weight is 251 g/mol. The highest BCUT2D eigenvalue weighted by molar-refractivity contribution is 7.98. The van der Waals surface area contributed by atoms with Gasteiger partial charge >= 0.3 is 0 Å². The fourth-order valence-corrected chi connectivity index (χ4v) is 2.35. The van der Waals surface area contributed by atoms with Crippen LogP contribution in [0.3, 0.4) is 0 Å². The molecule has 96 valence electrons. The van der Waals surface area contributed by atoms with E-state index in [1.54, 1.807) is 0 Å². The first-order chi connectivity index (χ1) is 7.93. The molecule has 0 aliphatic carbocycles. The molecule has 1 nitrogen and oxygen atoms in total. The Bertz CT molecular complexity index is 324. The van der Waals surface area contributed by atoms with Gasteiger partial charge in [0.2, 0.25) is 0 Å². The molecule has 1 aromatic carbocycles. The van der Waals surface area contributed by atoms with Crippen LogP contribution in [0.2, 0.25) is 0 Å². The summed E-state index contributed by atoms with van der Waals surface area (Å²) in [7, 11) is 0. The minimum absolute atomic E-state index is 0.236. The van der Waals surface area contributed by atoms with Crippen LogP contribution in [-0.2, 0) is 11.8 Å². The van der Waals surface area contributed by atoms with Gasteiger partial charge in [0.05, 0.1) is 0 Å². The van der Waals surface area contributed by atoms with E-state index in [1.807, 2.05) is 11.8 Å². The third-order valence-electron chi connectivity index (χ3n) is 3.01. The van der Waals surface area contributed by atoms with Gasteiger partial charge in [0.15, 0.2) is 0 Å². The fourth-order valence-electron chi connectivity index (χ4n) is 1.81. The summed E-state index contributed by atoms with van der Waals surface area (Å²) in [6.07, 6.45) is 4.22. The van der Waals surface area contributed by atoms with E-state index in [2.05, 4.69) is 51.3 Å². The monoisotopic (exact) mass is 251 g/mol. The third-order valence-corrected chi connectivity index (χ3v) is 3.65. The smallest absolute Gasteiger partial charge is 0.00871 e. The van der Waals surface area contributed by atoms with Gasteiger partial charge < -0.3 is 5.73 Å². The molecule has 0 saturated heterocycles. The molecule has 2 heteroatoms. The van der Waals surface area contributed by atoms with Crippen LogP contribution in [0.5, 0.6) is 0 Å². The molecule has 0 aliphatic heterocycles. The number of nitrogens with two attached hydrogens (primary N) is 1. The van der Waals surface area contributed by atoms with Gasteiger partial charge in [0.1, 0.15) is 0 Å².